The van der Waals surface area contributed by atoms with E-state index in [1.165, 1.54) is 0 Å². The maximum atomic E-state index is 5.77. The van der Waals surface area contributed by atoms with Gasteiger partial charge in [0.05, 0.1) is 0 Å². The second-order valence-corrected chi connectivity index (χ2v) is 4.24. The van der Waals surface area contributed by atoms with E-state index in [1.54, 1.807) is 7.05 Å². The van der Waals surface area contributed by atoms with E-state index < -0.39 is 0 Å². The molecular formula is C9H20N4. The SMILES string of the molecule is CN=C(N)N1CCN(C)C(C)(C)C1. The van der Waals surface area contributed by atoms with Crippen LogP contribution in [0.4, 0.5) is 0 Å². The van der Waals surface area contributed by atoms with E-state index >= 15 is 0 Å². The van der Waals surface area contributed by atoms with Crippen LogP contribution in [0.2, 0.25) is 0 Å². The Hall–Kier alpha value is -0.770. The van der Waals surface area contributed by atoms with Crippen molar-refractivity contribution in [3.63, 3.8) is 0 Å². The van der Waals surface area contributed by atoms with Crippen LogP contribution in [0.5, 0.6) is 0 Å². The monoisotopic (exact) mass is 184 g/mol. The molecule has 0 unspecified atom stereocenters. The molecule has 0 atom stereocenters. The van der Waals surface area contributed by atoms with E-state index in [9.17, 15) is 0 Å². The highest BCUT2D eigenvalue weighted by atomic mass is 15.3. The zero-order valence-corrected chi connectivity index (χ0v) is 9.04. The van der Waals surface area contributed by atoms with Gasteiger partial charge in [-0.25, -0.2) is 0 Å². The minimum Gasteiger partial charge on any atom is -0.370 e. The molecule has 1 rings (SSSR count). The summed E-state index contributed by atoms with van der Waals surface area (Å²) in [7, 11) is 3.89. The lowest BCUT2D eigenvalue weighted by Gasteiger charge is -2.45. The number of likely N-dealkylation sites (N-methyl/N-ethyl adjacent to an activating group) is 1. The maximum Gasteiger partial charge on any atom is 0.191 e. The molecule has 0 radical (unpaired) electrons. The molecule has 1 heterocycles. The summed E-state index contributed by atoms with van der Waals surface area (Å²) < 4.78 is 0. The molecule has 1 saturated heterocycles. The van der Waals surface area contributed by atoms with Crippen molar-refractivity contribution in [2.24, 2.45) is 10.7 Å². The third kappa shape index (κ3) is 2.12. The van der Waals surface area contributed by atoms with E-state index in [0.29, 0.717) is 5.96 Å². The number of nitrogens with two attached hydrogens (primary N) is 1. The molecule has 0 amide bonds. The van der Waals surface area contributed by atoms with Crippen molar-refractivity contribution in [3.05, 3.63) is 0 Å². The fourth-order valence-electron chi connectivity index (χ4n) is 1.58. The van der Waals surface area contributed by atoms with Gasteiger partial charge in [-0.15, -0.1) is 0 Å². The largest absolute Gasteiger partial charge is 0.370 e. The van der Waals surface area contributed by atoms with E-state index in [0.717, 1.165) is 19.6 Å². The van der Waals surface area contributed by atoms with Crippen LogP contribution in [0.15, 0.2) is 4.99 Å². The summed E-state index contributed by atoms with van der Waals surface area (Å²) in [6.45, 7) is 7.42. The summed E-state index contributed by atoms with van der Waals surface area (Å²) in [6, 6.07) is 0. The number of guanidine groups is 1. The van der Waals surface area contributed by atoms with Crippen molar-refractivity contribution in [1.82, 2.24) is 9.80 Å². The Morgan fingerprint density at radius 1 is 1.38 bits per heavy atom. The molecule has 0 aliphatic carbocycles. The molecule has 1 fully saturated rings. The van der Waals surface area contributed by atoms with Gasteiger partial charge in [-0.2, -0.15) is 0 Å². The van der Waals surface area contributed by atoms with Crippen molar-refractivity contribution in [3.8, 4) is 0 Å². The lowest BCUT2D eigenvalue weighted by Crippen LogP contribution is -2.60. The summed E-state index contributed by atoms with van der Waals surface area (Å²) in [4.78, 5) is 8.50. The Morgan fingerprint density at radius 3 is 2.46 bits per heavy atom. The van der Waals surface area contributed by atoms with Crippen LogP contribution in [0, 0.1) is 0 Å². The van der Waals surface area contributed by atoms with Gasteiger partial charge in [-0.05, 0) is 20.9 Å². The molecule has 0 aromatic heterocycles. The quantitative estimate of drug-likeness (QED) is 0.424. The summed E-state index contributed by atoms with van der Waals surface area (Å²) in [5.41, 5.74) is 5.96. The molecule has 0 saturated carbocycles. The van der Waals surface area contributed by atoms with Crippen molar-refractivity contribution in [2.45, 2.75) is 19.4 Å². The van der Waals surface area contributed by atoms with Gasteiger partial charge >= 0.3 is 0 Å². The highest BCUT2D eigenvalue weighted by Crippen LogP contribution is 2.18. The smallest absolute Gasteiger partial charge is 0.191 e. The number of hydrogen-bond acceptors (Lipinski definition) is 2. The lowest BCUT2D eigenvalue weighted by molar-refractivity contribution is 0.0738. The summed E-state index contributed by atoms with van der Waals surface area (Å²) in [6.07, 6.45) is 0. The number of aliphatic imine (C=N–C) groups is 1. The van der Waals surface area contributed by atoms with Crippen LogP contribution in [0.25, 0.3) is 0 Å². The number of rotatable bonds is 0. The molecular weight excluding hydrogens is 164 g/mol. The van der Waals surface area contributed by atoms with Crippen molar-refractivity contribution < 1.29 is 0 Å². The topological polar surface area (TPSA) is 44.9 Å². The molecule has 1 aliphatic rings. The first kappa shape index (κ1) is 10.3. The second kappa shape index (κ2) is 3.54. The minimum atomic E-state index is 0.188. The number of nitrogens with zero attached hydrogens (tertiary/aromatic N) is 3. The summed E-state index contributed by atoms with van der Waals surface area (Å²) >= 11 is 0. The highest BCUT2D eigenvalue weighted by molar-refractivity contribution is 5.78. The van der Waals surface area contributed by atoms with Crippen LogP contribution < -0.4 is 5.73 Å². The molecule has 1 aliphatic heterocycles. The molecule has 0 spiro atoms. The van der Waals surface area contributed by atoms with Gasteiger partial charge in [0.25, 0.3) is 0 Å². The highest BCUT2D eigenvalue weighted by Gasteiger charge is 2.31. The first-order valence-corrected chi connectivity index (χ1v) is 4.66. The average molecular weight is 184 g/mol. The van der Waals surface area contributed by atoms with Gasteiger partial charge in [0.1, 0.15) is 0 Å². The average Bonchev–Trinajstić information content (AvgIpc) is 2.08. The predicted octanol–water partition coefficient (Wildman–Crippen LogP) is -0.0431. The Kier molecular flexibility index (Phi) is 2.81. The van der Waals surface area contributed by atoms with Crippen molar-refractivity contribution >= 4 is 5.96 Å². The Labute approximate surface area is 80.4 Å². The molecule has 76 valence electrons. The van der Waals surface area contributed by atoms with Gasteiger partial charge < -0.3 is 10.6 Å². The van der Waals surface area contributed by atoms with Crippen LogP contribution in [0.1, 0.15) is 13.8 Å². The van der Waals surface area contributed by atoms with Crippen LogP contribution in [-0.2, 0) is 0 Å². The predicted molar refractivity (Wildman–Crippen MR) is 55.8 cm³/mol. The summed E-state index contributed by atoms with van der Waals surface area (Å²) in [5, 5.41) is 0. The van der Waals surface area contributed by atoms with E-state index in [1.807, 2.05) is 0 Å². The van der Waals surface area contributed by atoms with E-state index in [-0.39, 0.29) is 5.54 Å². The third-order valence-electron chi connectivity index (χ3n) is 2.87. The lowest BCUT2D eigenvalue weighted by atomic mass is 10.0. The van der Waals surface area contributed by atoms with Crippen LogP contribution >= 0.6 is 0 Å². The third-order valence-corrected chi connectivity index (χ3v) is 2.87. The van der Waals surface area contributed by atoms with E-state index in [2.05, 4.69) is 35.7 Å². The van der Waals surface area contributed by atoms with Gasteiger partial charge in [0.2, 0.25) is 0 Å². The Balaban J connectivity index is 2.66. The first-order chi connectivity index (χ1) is 5.97. The normalized spacial score (nSPS) is 24.9. The summed E-state index contributed by atoms with van der Waals surface area (Å²) in [5.74, 6) is 0.654. The molecule has 4 heteroatoms. The van der Waals surface area contributed by atoms with E-state index in [4.69, 9.17) is 5.73 Å². The van der Waals surface area contributed by atoms with Crippen LogP contribution in [-0.4, -0.2) is 55.0 Å². The zero-order valence-electron chi connectivity index (χ0n) is 9.04. The minimum absolute atomic E-state index is 0.188. The number of piperazine rings is 1. The van der Waals surface area contributed by atoms with Crippen LogP contribution in [0.3, 0.4) is 0 Å². The standard InChI is InChI=1S/C9H20N4/c1-9(2)7-13(8(10)11-3)6-5-12(9)4/h5-7H2,1-4H3,(H2,10,11). The Morgan fingerprint density at radius 2 is 2.00 bits per heavy atom. The first-order valence-electron chi connectivity index (χ1n) is 4.66. The Bertz CT molecular complexity index is 210. The molecule has 4 nitrogen and oxygen atoms in total. The second-order valence-electron chi connectivity index (χ2n) is 4.24. The van der Waals surface area contributed by atoms with Gasteiger partial charge in [-0.1, -0.05) is 0 Å². The molecule has 2 N–H and O–H groups in total. The fourth-order valence-corrected chi connectivity index (χ4v) is 1.58. The van der Waals surface area contributed by atoms with Crippen molar-refractivity contribution in [2.75, 3.05) is 33.7 Å². The molecule has 0 bridgehead atoms. The van der Waals surface area contributed by atoms with Gasteiger partial charge in [-0.3, -0.25) is 9.89 Å². The maximum absolute atomic E-state index is 5.77. The zero-order chi connectivity index (χ0) is 10.1. The van der Waals surface area contributed by atoms with Gasteiger partial charge in [0.15, 0.2) is 5.96 Å². The molecule has 0 aromatic rings. The molecule has 0 aromatic carbocycles. The molecule has 13 heavy (non-hydrogen) atoms. The fraction of sp³-hybridized carbons (Fsp3) is 0.889. The van der Waals surface area contributed by atoms with Crippen molar-refractivity contribution in [1.29, 1.82) is 0 Å². The van der Waals surface area contributed by atoms with Gasteiger partial charge in [0, 0.05) is 32.2 Å². The number of hydrogen-bond donors (Lipinski definition) is 1.